The summed E-state index contributed by atoms with van der Waals surface area (Å²) in [6, 6.07) is 0. The van der Waals surface area contributed by atoms with E-state index in [2.05, 4.69) is 17.1 Å². The monoisotopic (exact) mass is 142 g/mol. The van der Waals surface area contributed by atoms with Gasteiger partial charge in [0.25, 0.3) is 0 Å². The summed E-state index contributed by atoms with van der Waals surface area (Å²) in [6.45, 7) is 2.21. The van der Waals surface area contributed by atoms with Crippen molar-refractivity contribution in [1.82, 2.24) is 4.90 Å². The summed E-state index contributed by atoms with van der Waals surface area (Å²) in [5.41, 5.74) is 0. The third kappa shape index (κ3) is 1.99. The van der Waals surface area contributed by atoms with E-state index >= 15 is 0 Å². The van der Waals surface area contributed by atoms with Crippen LogP contribution in [-0.2, 0) is 0 Å². The van der Waals surface area contributed by atoms with Crippen molar-refractivity contribution in [3.05, 3.63) is 0 Å². The maximum atomic E-state index is 8.26. The first-order valence-electron chi connectivity index (χ1n) is 3.69. The lowest BCUT2D eigenvalue weighted by Gasteiger charge is -2.26. The lowest BCUT2D eigenvalue weighted by atomic mass is 10.0. The second-order valence-corrected chi connectivity index (χ2v) is 2.93. The van der Waals surface area contributed by atoms with Crippen LogP contribution in [0.5, 0.6) is 0 Å². The molecule has 1 unspecified atom stereocenters. The van der Waals surface area contributed by atoms with Gasteiger partial charge in [-0.15, -0.1) is 5.16 Å². The number of hydrogen-bond donors (Lipinski definition) is 1. The van der Waals surface area contributed by atoms with Gasteiger partial charge >= 0.3 is 0 Å². The van der Waals surface area contributed by atoms with Gasteiger partial charge in [-0.3, -0.25) is 0 Å². The SMILES string of the molecule is CN1CCCC(/C=N\O)C1. The summed E-state index contributed by atoms with van der Waals surface area (Å²) in [7, 11) is 2.09. The fraction of sp³-hybridized carbons (Fsp3) is 0.857. The van der Waals surface area contributed by atoms with Crippen molar-refractivity contribution < 1.29 is 5.21 Å². The number of piperidine rings is 1. The highest BCUT2D eigenvalue weighted by atomic mass is 16.4. The average molecular weight is 142 g/mol. The minimum absolute atomic E-state index is 0.462. The lowest BCUT2D eigenvalue weighted by molar-refractivity contribution is 0.243. The van der Waals surface area contributed by atoms with E-state index in [0.29, 0.717) is 5.92 Å². The van der Waals surface area contributed by atoms with Crippen LogP contribution in [-0.4, -0.2) is 36.5 Å². The van der Waals surface area contributed by atoms with E-state index in [9.17, 15) is 0 Å². The lowest BCUT2D eigenvalue weighted by Crippen LogP contribution is -2.32. The van der Waals surface area contributed by atoms with E-state index < -0.39 is 0 Å². The molecule has 1 fully saturated rings. The van der Waals surface area contributed by atoms with Gasteiger partial charge in [-0.05, 0) is 26.4 Å². The highest BCUT2D eigenvalue weighted by Gasteiger charge is 2.14. The molecule has 1 atom stereocenters. The standard InChI is InChI=1S/C7H14N2O/c1-9-4-2-3-7(6-9)5-8-10/h5,7,10H,2-4,6H2,1H3/b8-5-. The van der Waals surface area contributed by atoms with Crippen molar-refractivity contribution >= 4 is 6.21 Å². The summed E-state index contributed by atoms with van der Waals surface area (Å²) in [4.78, 5) is 2.26. The molecule has 1 aliphatic heterocycles. The van der Waals surface area contributed by atoms with E-state index in [4.69, 9.17) is 5.21 Å². The number of likely N-dealkylation sites (tertiary alicyclic amines) is 1. The van der Waals surface area contributed by atoms with Gasteiger partial charge < -0.3 is 10.1 Å². The molecule has 58 valence electrons. The van der Waals surface area contributed by atoms with Gasteiger partial charge in [0.15, 0.2) is 0 Å². The minimum atomic E-state index is 0.462. The Kier molecular flexibility index (Phi) is 2.68. The fourth-order valence-electron chi connectivity index (χ4n) is 1.42. The molecule has 1 saturated heterocycles. The normalized spacial score (nSPS) is 29.5. The summed E-state index contributed by atoms with van der Waals surface area (Å²) < 4.78 is 0. The second kappa shape index (κ2) is 3.56. The molecule has 10 heavy (non-hydrogen) atoms. The molecule has 3 heteroatoms. The van der Waals surface area contributed by atoms with Crippen molar-refractivity contribution in [1.29, 1.82) is 0 Å². The van der Waals surface area contributed by atoms with Crippen LogP contribution in [0.25, 0.3) is 0 Å². The molecule has 0 bridgehead atoms. The number of nitrogens with zero attached hydrogens (tertiary/aromatic N) is 2. The summed E-state index contributed by atoms with van der Waals surface area (Å²) >= 11 is 0. The van der Waals surface area contributed by atoms with E-state index in [-0.39, 0.29) is 0 Å². The Bertz CT molecular complexity index is 125. The number of hydrogen-bond acceptors (Lipinski definition) is 3. The Morgan fingerprint density at radius 3 is 3.10 bits per heavy atom. The molecule has 0 radical (unpaired) electrons. The van der Waals surface area contributed by atoms with Crippen LogP contribution < -0.4 is 0 Å². The third-order valence-corrected chi connectivity index (χ3v) is 1.94. The van der Waals surface area contributed by atoms with Gasteiger partial charge in [-0.1, -0.05) is 0 Å². The second-order valence-electron chi connectivity index (χ2n) is 2.93. The van der Waals surface area contributed by atoms with Gasteiger partial charge in [0.1, 0.15) is 0 Å². The van der Waals surface area contributed by atoms with Gasteiger partial charge in [0.2, 0.25) is 0 Å². The highest BCUT2D eigenvalue weighted by Crippen LogP contribution is 2.12. The minimum Gasteiger partial charge on any atom is -0.411 e. The Hall–Kier alpha value is -0.570. The van der Waals surface area contributed by atoms with Crippen LogP contribution in [0.3, 0.4) is 0 Å². The van der Waals surface area contributed by atoms with Crippen LogP contribution in [0, 0.1) is 5.92 Å². The molecule has 0 aromatic carbocycles. The third-order valence-electron chi connectivity index (χ3n) is 1.94. The molecule has 0 aliphatic carbocycles. The zero-order valence-corrected chi connectivity index (χ0v) is 6.32. The first kappa shape index (κ1) is 7.54. The van der Waals surface area contributed by atoms with Crippen molar-refractivity contribution in [2.75, 3.05) is 20.1 Å². The quantitative estimate of drug-likeness (QED) is 0.334. The zero-order valence-electron chi connectivity index (χ0n) is 6.32. The average Bonchev–Trinajstić information content (AvgIpc) is 1.88. The molecule has 1 aliphatic rings. The maximum absolute atomic E-state index is 8.26. The molecule has 0 spiro atoms. The molecule has 0 saturated carbocycles. The van der Waals surface area contributed by atoms with Gasteiger partial charge in [-0.2, -0.15) is 0 Å². The fourth-order valence-corrected chi connectivity index (χ4v) is 1.42. The molecular formula is C7H14N2O. The molecule has 0 amide bonds. The van der Waals surface area contributed by atoms with Gasteiger partial charge in [0, 0.05) is 18.7 Å². The molecule has 0 aromatic rings. The van der Waals surface area contributed by atoms with Crippen LogP contribution in [0.2, 0.25) is 0 Å². The van der Waals surface area contributed by atoms with Crippen molar-refractivity contribution in [2.24, 2.45) is 11.1 Å². The predicted molar refractivity (Wildman–Crippen MR) is 40.5 cm³/mol. The maximum Gasteiger partial charge on any atom is 0.0479 e. The Balaban J connectivity index is 2.32. The van der Waals surface area contributed by atoms with E-state index in [0.717, 1.165) is 13.0 Å². The molecule has 1 heterocycles. The predicted octanol–water partition coefficient (Wildman–Crippen LogP) is 0.788. The van der Waals surface area contributed by atoms with E-state index in [1.165, 1.54) is 13.0 Å². The molecule has 0 aromatic heterocycles. The van der Waals surface area contributed by atoms with Crippen molar-refractivity contribution in [3.8, 4) is 0 Å². The smallest absolute Gasteiger partial charge is 0.0479 e. The summed E-state index contributed by atoms with van der Waals surface area (Å²) in [5, 5.41) is 11.3. The van der Waals surface area contributed by atoms with Gasteiger partial charge in [-0.25, -0.2) is 0 Å². The Morgan fingerprint density at radius 2 is 2.50 bits per heavy atom. The molecular weight excluding hydrogens is 128 g/mol. The molecule has 3 nitrogen and oxygen atoms in total. The van der Waals surface area contributed by atoms with Crippen LogP contribution in [0.1, 0.15) is 12.8 Å². The van der Waals surface area contributed by atoms with Crippen LogP contribution >= 0.6 is 0 Å². The van der Waals surface area contributed by atoms with Crippen LogP contribution in [0.4, 0.5) is 0 Å². The highest BCUT2D eigenvalue weighted by molar-refractivity contribution is 5.60. The van der Waals surface area contributed by atoms with Crippen molar-refractivity contribution in [2.45, 2.75) is 12.8 Å². The zero-order chi connectivity index (χ0) is 7.40. The van der Waals surface area contributed by atoms with Crippen molar-refractivity contribution in [3.63, 3.8) is 0 Å². The summed E-state index contributed by atoms with van der Waals surface area (Å²) in [5.74, 6) is 0.462. The molecule has 1 rings (SSSR count). The number of rotatable bonds is 1. The molecule has 1 N–H and O–H groups in total. The first-order chi connectivity index (χ1) is 4.83. The van der Waals surface area contributed by atoms with Gasteiger partial charge in [0.05, 0.1) is 0 Å². The van der Waals surface area contributed by atoms with Crippen LogP contribution in [0.15, 0.2) is 5.16 Å². The topological polar surface area (TPSA) is 35.8 Å². The van der Waals surface area contributed by atoms with E-state index in [1.807, 2.05) is 0 Å². The largest absolute Gasteiger partial charge is 0.411 e. The first-order valence-corrected chi connectivity index (χ1v) is 3.69. The Morgan fingerprint density at radius 1 is 1.70 bits per heavy atom. The summed E-state index contributed by atoms with van der Waals surface area (Å²) in [6.07, 6.45) is 4.01. The Labute approximate surface area is 61.3 Å². The number of oxime groups is 1. The van der Waals surface area contributed by atoms with E-state index in [1.54, 1.807) is 6.21 Å².